The molecule has 5 rings (SSSR count). The lowest BCUT2D eigenvalue weighted by Crippen LogP contribution is -2.38. The largest absolute Gasteiger partial charge is 0.490 e. The van der Waals surface area contributed by atoms with Crippen molar-refractivity contribution in [3.05, 3.63) is 59.2 Å². The van der Waals surface area contributed by atoms with Gasteiger partial charge < -0.3 is 14.5 Å². The normalized spacial score (nSPS) is 14.9. The molecule has 1 saturated heterocycles. The number of benzene rings is 2. The third-order valence-electron chi connectivity index (χ3n) is 6.08. The molecule has 3 heterocycles. The van der Waals surface area contributed by atoms with Gasteiger partial charge in [0.2, 0.25) is 0 Å². The lowest BCUT2D eigenvalue weighted by molar-refractivity contribution is 0.0323. The maximum Gasteiger partial charge on any atom is 0.143 e. The SMILES string of the molecule is CCCc1cccc(-c2ccc(OCCN3CCOCC3)c3[nH]c4ncc(Cl)cc4c23)c1. The second kappa shape index (κ2) is 9.49. The molecule has 0 unspecified atom stereocenters. The zero-order chi connectivity index (χ0) is 21.9. The molecule has 6 heteroatoms. The van der Waals surface area contributed by atoms with Crippen molar-refractivity contribution in [2.24, 2.45) is 0 Å². The fraction of sp³-hybridized carbons (Fsp3) is 0.346. The second-order valence-electron chi connectivity index (χ2n) is 8.29. The van der Waals surface area contributed by atoms with Crippen molar-refractivity contribution in [3.63, 3.8) is 0 Å². The monoisotopic (exact) mass is 449 g/mol. The minimum atomic E-state index is 0.628. The van der Waals surface area contributed by atoms with Gasteiger partial charge in [-0.3, -0.25) is 4.90 Å². The summed E-state index contributed by atoms with van der Waals surface area (Å²) in [5, 5.41) is 2.75. The number of hydrogen-bond acceptors (Lipinski definition) is 4. The molecule has 0 amide bonds. The van der Waals surface area contributed by atoms with Crippen molar-refractivity contribution in [1.29, 1.82) is 0 Å². The number of ether oxygens (including phenoxy) is 2. The molecule has 32 heavy (non-hydrogen) atoms. The fourth-order valence-electron chi connectivity index (χ4n) is 4.49. The summed E-state index contributed by atoms with van der Waals surface area (Å²) in [7, 11) is 0. The number of rotatable bonds is 7. The molecule has 1 fully saturated rings. The van der Waals surface area contributed by atoms with Gasteiger partial charge in [0.05, 0.1) is 23.8 Å². The number of aromatic nitrogens is 2. The van der Waals surface area contributed by atoms with Crippen LogP contribution in [0.25, 0.3) is 33.1 Å². The van der Waals surface area contributed by atoms with E-state index >= 15 is 0 Å². The molecule has 1 N–H and O–H groups in total. The number of nitrogens with zero attached hydrogens (tertiary/aromatic N) is 2. The van der Waals surface area contributed by atoms with E-state index in [2.05, 4.69) is 58.2 Å². The molecule has 1 aliphatic rings. The van der Waals surface area contributed by atoms with Gasteiger partial charge in [-0.25, -0.2) is 4.98 Å². The number of hydrogen-bond donors (Lipinski definition) is 1. The molecule has 0 atom stereocenters. The van der Waals surface area contributed by atoms with E-state index in [0.29, 0.717) is 11.6 Å². The Balaban J connectivity index is 1.54. The van der Waals surface area contributed by atoms with Crippen LogP contribution in [0.3, 0.4) is 0 Å². The first kappa shape index (κ1) is 21.3. The number of aryl methyl sites for hydroxylation is 1. The van der Waals surface area contributed by atoms with Crippen LogP contribution in [-0.4, -0.2) is 54.3 Å². The molecule has 5 nitrogen and oxygen atoms in total. The molecule has 0 saturated carbocycles. The summed E-state index contributed by atoms with van der Waals surface area (Å²) in [5.41, 5.74) is 5.49. The van der Waals surface area contributed by atoms with Crippen molar-refractivity contribution in [3.8, 4) is 16.9 Å². The summed E-state index contributed by atoms with van der Waals surface area (Å²) in [5.74, 6) is 0.843. The Kier molecular flexibility index (Phi) is 6.30. The van der Waals surface area contributed by atoms with Gasteiger partial charge in [0.25, 0.3) is 0 Å². The van der Waals surface area contributed by atoms with Gasteiger partial charge in [-0.1, -0.05) is 49.2 Å². The standard InChI is InChI=1S/C26H28ClN3O2/c1-2-4-18-5-3-6-19(15-18)21-7-8-23(32-14-11-30-9-12-31-13-10-30)25-24(21)22-16-20(27)17-28-26(22)29-25/h3,5-8,15-17H,2,4,9-14H2,1H3,(H,28,29). The van der Waals surface area contributed by atoms with Crippen molar-refractivity contribution < 1.29 is 9.47 Å². The molecular formula is C26H28ClN3O2. The van der Waals surface area contributed by atoms with Gasteiger partial charge in [-0.15, -0.1) is 0 Å². The van der Waals surface area contributed by atoms with Gasteiger partial charge in [0, 0.05) is 36.6 Å². The minimum Gasteiger partial charge on any atom is -0.490 e. The van der Waals surface area contributed by atoms with Crippen LogP contribution in [0.5, 0.6) is 5.75 Å². The Labute approximate surface area is 193 Å². The average molecular weight is 450 g/mol. The van der Waals surface area contributed by atoms with E-state index < -0.39 is 0 Å². The van der Waals surface area contributed by atoms with Crippen LogP contribution in [0.2, 0.25) is 5.02 Å². The van der Waals surface area contributed by atoms with Gasteiger partial charge in [-0.2, -0.15) is 0 Å². The van der Waals surface area contributed by atoms with Crippen LogP contribution in [0.4, 0.5) is 0 Å². The van der Waals surface area contributed by atoms with Crippen LogP contribution in [0, 0.1) is 0 Å². The molecule has 2 aromatic heterocycles. The first-order chi connectivity index (χ1) is 15.7. The zero-order valence-corrected chi connectivity index (χ0v) is 19.1. The van der Waals surface area contributed by atoms with Gasteiger partial charge >= 0.3 is 0 Å². The Morgan fingerprint density at radius 2 is 2.03 bits per heavy atom. The van der Waals surface area contributed by atoms with Crippen LogP contribution in [-0.2, 0) is 11.2 Å². The van der Waals surface area contributed by atoms with Crippen LogP contribution in [0.15, 0.2) is 48.7 Å². The highest BCUT2D eigenvalue weighted by molar-refractivity contribution is 6.31. The quantitative estimate of drug-likeness (QED) is 0.393. The van der Waals surface area contributed by atoms with Crippen molar-refractivity contribution in [2.75, 3.05) is 39.5 Å². The van der Waals surface area contributed by atoms with E-state index in [0.717, 1.165) is 78.9 Å². The summed E-state index contributed by atoms with van der Waals surface area (Å²) in [6, 6.07) is 15.0. The van der Waals surface area contributed by atoms with E-state index in [1.807, 2.05) is 6.07 Å². The Hall–Kier alpha value is -2.60. The van der Waals surface area contributed by atoms with E-state index in [-0.39, 0.29) is 0 Å². The molecule has 1 aliphatic heterocycles. The van der Waals surface area contributed by atoms with Crippen molar-refractivity contribution >= 4 is 33.5 Å². The molecule has 0 bridgehead atoms. The molecule has 4 aromatic rings. The van der Waals surface area contributed by atoms with Crippen molar-refractivity contribution in [1.82, 2.24) is 14.9 Å². The molecular weight excluding hydrogens is 422 g/mol. The Morgan fingerprint density at radius 3 is 2.88 bits per heavy atom. The van der Waals surface area contributed by atoms with Crippen LogP contribution >= 0.6 is 11.6 Å². The molecule has 2 aromatic carbocycles. The highest BCUT2D eigenvalue weighted by atomic mass is 35.5. The topological polar surface area (TPSA) is 50.4 Å². The van der Waals surface area contributed by atoms with E-state index in [1.54, 1.807) is 6.20 Å². The number of H-pyrrole nitrogens is 1. The average Bonchev–Trinajstić information content (AvgIpc) is 3.19. The first-order valence-corrected chi connectivity index (χ1v) is 11.7. The summed E-state index contributed by atoms with van der Waals surface area (Å²) in [6.07, 6.45) is 3.88. The molecule has 0 radical (unpaired) electrons. The lowest BCUT2D eigenvalue weighted by atomic mass is 9.97. The number of aromatic amines is 1. The minimum absolute atomic E-state index is 0.628. The number of fused-ring (bicyclic) bond motifs is 3. The maximum atomic E-state index is 6.33. The number of nitrogens with one attached hydrogen (secondary N) is 1. The van der Waals surface area contributed by atoms with Gasteiger partial charge in [0.15, 0.2) is 0 Å². The van der Waals surface area contributed by atoms with Crippen LogP contribution < -0.4 is 4.74 Å². The van der Waals surface area contributed by atoms with E-state index in [1.165, 1.54) is 11.1 Å². The predicted molar refractivity (Wildman–Crippen MR) is 131 cm³/mol. The number of morpholine rings is 1. The Bertz CT molecular complexity index is 1230. The molecule has 0 aliphatic carbocycles. The second-order valence-corrected chi connectivity index (χ2v) is 8.73. The highest BCUT2D eigenvalue weighted by Gasteiger charge is 2.17. The van der Waals surface area contributed by atoms with Gasteiger partial charge in [-0.05, 0) is 41.3 Å². The summed E-state index contributed by atoms with van der Waals surface area (Å²) >= 11 is 6.33. The number of halogens is 1. The Morgan fingerprint density at radius 1 is 1.16 bits per heavy atom. The number of pyridine rings is 1. The highest BCUT2D eigenvalue weighted by Crippen LogP contribution is 2.39. The van der Waals surface area contributed by atoms with Crippen LogP contribution in [0.1, 0.15) is 18.9 Å². The van der Waals surface area contributed by atoms with Crippen molar-refractivity contribution in [2.45, 2.75) is 19.8 Å². The van der Waals surface area contributed by atoms with Gasteiger partial charge in [0.1, 0.15) is 18.0 Å². The smallest absolute Gasteiger partial charge is 0.143 e. The summed E-state index contributed by atoms with van der Waals surface area (Å²) in [6.45, 7) is 7.23. The predicted octanol–water partition coefficient (Wildman–Crippen LogP) is 5.70. The molecule has 0 spiro atoms. The third kappa shape index (κ3) is 4.33. The van der Waals surface area contributed by atoms with E-state index in [4.69, 9.17) is 21.1 Å². The molecule has 166 valence electrons. The first-order valence-electron chi connectivity index (χ1n) is 11.3. The summed E-state index contributed by atoms with van der Waals surface area (Å²) in [4.78, 5) is 10.4. The van der Waals surface area contributed by atoms with E-state index in [9.17, 15) is 0 Å². The summed E-state index contributed by atoms with van der Waals surface area (Å²) < 4.78 is 11.7. The third-order valence-corrected chi connectivity index (χ3v) is 6.29. The lowest BCUT2D eigenvalue weighted by Gasteiger charge is -2.26. The maximum absolute atomic E-state index is 6.33. The zero-order valence-electron chi connectivity index (χ0n) is 18.4. The fourth-order valence-corrected chi connectivity index (χ4v) is 4.65.